The molecule has 184 valence electrons. The van der Waals surface area contributed by atoms with Gasteiger partial charge in [-0.1, -0.05) is 17.7 Å². The van der Waals surface area contributed by atoms with Crippen LogP contribution in [0.3, 0.4) is 0 Å². The Morgan fingerprint density at radius 3 is 2.60 bits per heavy atom. The highest BCUT2D eigenvalue weighted by Gasteiger charge is 2.46. The first-order valence-electron chi connectivity index (χ1n) is 12.0. The number of nitrogens with zero attached hydrogens (tertiary/aromatic N) is 2. The highest BCUT2D eigenvalue weighted by molar-refractivity contribution is 6.31. The number of rotatable bonds is 3. The Kier molecular flexibility index (Phi) is 5.99. The lowest BCUT2D eigenvalue weighted by molar-refractivity contribution is -0.139. The third-order valence-corrected chi connectivity index (χ3v) is 7.65. The number of ether oxygens (including phenoxy) is 2. The van der Waals surface area contributed by atoms with E-state index in [0.717, 1.165) is 11.1 Å². The van der Waals surface area contributed by atoms with Crippen LogP contribution in [0.4, 0.5) is 5.69 Å². The fraction of sp³-hybridized carbons (Fsp3) is 0.444. The van der Waals surface area contributed by atoms with Crippen LogP contribution in [0, 0.1) is 19.8 Å². The van der Waals surface area contributed by atoms with Crippen molar-refractivity contribution >= 4 is 34.9 Å². The van der Waals surface area contributed by atoms with Gasteiger partial charge in [0.15, 0.2) is 5.78 Å². The zero-order valence-corrected chi connectivity index (χ0v) is 21.0. The van der Waals surface area contributed by atoms with Crippen LogP contribution < -0.4 is 14.4 Å². The molecule has 0 radical (unpaired) electrons. The molecule has 0 aromatic heterocycles. The summed E-state index contributed by atoms with van der Waals surface area (Å²) in [5, 5.41) is 0.526. The molecule has 2 aromatic rings. The lowest BCUT2D eigenvalue weighted by Crippen LogP contribution is -2.53. The van der Waals surface area contributed by atoms with Crippen LogP contribution in [0.25, 0.3) is 0 Å². The van der Waals surface area contributed by atoms with E-state index < -0.39 is 11.5 Å². The van der Waals surface area contributed by atoms with Crippen LogP contribution in [0.1, 0.15) is 47.2 Å². The highest BCUT2D eigenvalue weighted by atomic mass is 35.5. The summed E-state index contributed by atoms with van der Waals surface area (Å²) < 4.78 is 11.9. The first-order valence-corrected chi connectivity index (χ1v) is 12.3. The molecule has 1 atom stereocenters. The van der Waals surface area contributed by atoms with Crippen LogP contribution in [0.2, 0.25) is 5.02 Å². The average Bonchev–Trinajstić information content (AvgIpc) is 3.21. The second-order valence-corrected chi connectivity index (χ2v) is 10.3. The van der Waals surface area contributed by atoms with Crippen molar-refractivity contribution in [2.75, 3.05) is 31.6 Å². The van der Waals surface area contributed by atoms with Crippen molar-refractivity contribution in [1.29, 1.82) is 0 Å². The summed E-state index contributed by atoms with van der Waals surface area (Å²) in [7, 11) is 1.58. The van der Waals surface area contributed by atoms with Gasteiger partial charge in [0.25, 0.3) is 0 Å². The summed E-state index contributed by atoms with van der Waals surface area (Å²) in [6.45, 7) is 5.17. The molecule has 0 N–H and O–H groups in total. The number of piperidine rings is 1. The second kappa shape index (κ2) is 8.86. The largest absolute Gasteiger partial charge is 0.495 e. The molecule has 3 heterocycles. The van der Waals surface area contributed by atoms with Crippen LogP contribution in [-0.2, 0) is 9.59 Å². The molecule has 3 aliphatic rings. The molecular formula is C27H29ClN2O5. The topological polar surface area (TPSA) is 76.2 Å². The van der Waals surface area contributed by atoms with E-state index in [4.69, 9.17) is 21.1 Å². The molecule has 2 aromatic carbocycles. The van der Waals surface area contributed by atoms with Gasteiger partial charge >= 0.3 is 0 Å². The van der Waals surface area contributed by atoms with Gasteiger partial charge in [0.2, 0.25) is 11.8 Å². The summed E-state index contributed by atoms with van der Waals surface area (Å²) >= 11 is 6.14. The van der Waals surface area contributed by atoms with Gasteiger partial charge in [-0.25, -0.2) is 0 Å². The molecule has 0 bridgehead atoms. The molecule has 7 nitrogen and oxygen atoms in total. The van der Waals surface area contributed by atoms with Crippen molar-refractivity contribution in [2.24, 2.45) is 5.92 Å². The SMILES string of the molecule is COc1ccc(C)cc1N1CC(C(=O)N2CCC3(CC2)CC(=O)c2cc(Cl)cc(C)c2O3)CC1=O. The number of aryl methyl sites for hydroxylation is 2. The number of hydrogen-bond acceptors (Lipinski definition) is 5. The van der Waals surface area contributed by atoms with Crippen LogP contribution in [0.5, 0.6) is 11.5 Å². The number of halogens is 1. The van der Waals surface area contributed by atoms with E-state index in [1.165, 1.54) is 0 Å². The lowest BCUT2D eigenvalue weighted by atomic mass is 9.81. The lowest BCUT2D eigenvalue weighted by Gasteiger charge is -2.44. The number of fused-ring (bicyclic) bond motifs is 1. The summed E-state index contributed by atoms with van der Waals surface area (Å²) in [6.07, 6.45) is 1.61. The minimum Gasteiger partial charge on any atom is -0.495 e. The molecule has 0 saturated carbocycles. The summed E-state index contributed by atoms with van der Waals surface area (Å²) in [5.74, 6) is 0.754. The summed E-state index contributed by atoms with van der Waals surface area (Å²) in [5.41, 5.74) is 2.50. The number of ketones is 1. The molecule has 1 spiro atoms. The van der Waals surface area contributed by atoms with Crippen molar-refractivity contribution in [3.05, 3.63) is 52.0 Å². The first-order chi connectivity index (χ1) is 16.7. The predicted molar refractivity (Wildman–Crippen MR) is 133 cm³/mol. The quantitative estimate of drug-likeness (QED) is 0.631. The molecule has 35 heavy (non-hydrogen) atoms. The number of Topliss-reactive ketones (excluding diaryl/α,β-unsaturated/α-hetero) is 1. The van der Waals surface area contributed by atoms with Gasteiger partial charge in [-0.15, -0.1) is 0 Å². The van der Waals surface area contributed by atoms with E-state index >= 15 is 0 Å². The molecule has 2 fully saturated rings. The maximum atomic E-state index is 13.4. The number of carbonyl (C=O) groups excluding carboxylic acids is 3. The van der Waals surface area contributed by atoms with Gasteiger partial charge in [-0.2, -0.15) is 0 Å². The Morgan fingerprint density at radius 2 is 1.89 bits per heavy atom. The predicted octanol–water partition coefficient (Wildman–Crippen LogP) is 4.34. The third-order valence-electron chi connectivity index (χ3n) is 7.43. The van der Waals surface area contributed by atoms with E-state index in [-0.39, 0.29) is 30.4 Å². The Balaban J connectivity index is 1.27. The Hall–Kier alpha value is -3.06. The Labute approximate surface area is 209 Å². The minimum absolute atomic E-state index is 0.0205. The van der Waals surface area contributed by atoms with Crippen molar-refractivity contribution in [3.63, 3.8) is 0 Å². The number of carbonyl (C=O) groups is 3. The summed E-state index contributed by atoms with van der Waals surface area (Å²) in [6, 6.07) is 9.16. The zero-order valence-electron chi connectivity index (χ0n) is 20.2. The number of hydrogen-bond donors (Lipinski definition) is 0. The van der Waals surface area contributed by atoms with Crippen LogP contribution in [0.15, 0.2) is 30.3 Å². The minimum atomic E-state index is -0.605. The number of methoxy groups -OCH3 is 1. The molecule has 3 aliphatic heterocycles. The van der Waals surface area contributed by atoms with E-state index in [0.29, 0.717) is 60.2 Å². The monoisotopic (exact) mass is 496 g/mol. The van der Waals surface area contributed by atoms with Crippen molar-refractivity contribution in [2.45, 2.75) is 45.1 Å². The molecule has 0 aliphatic carbocycles. The second-order valence-electron chi connectivity index (χ2n) is 9.89. The van der Waals surface area contributed by atoms with Crippen LogP contribution >= 0.6 is 11.6 Å². The zero-order chi connectivity index (χ0) is 24.9. The van der Waals surface area contributed by atoms with Gasteiger partial charge in [0, 0.05) is 43.9 Å². The third kappa shape index (κ3) is 4.27. The normalized spacial score (nSPS) is 21.2. The maximum Gasteiger partial charge on any atom is 0.228 e. The Morgan fingerprint density at radius 1 is 1.14 bits per heavy atom. The van der Waals surface area contributed by atoms with E-state index in [9.17, 15) is 14.4 Å². The molecule has 2 amide bonds. The fourth-order valence-corrected chi connectivity index (χ4v) is 5.77. The van der Waals surface area contributed by atoms with Gasteiger partial charge in [0.05, 0.1) is 30.7 Å². The van der Waals surface area contributed by atoms with Crippen molar-refractivity contribution in [1.82, 2.24) is 4.90 Å². The van der Waals surface area contributed by atoms with Crippen molar-refractivity contribution < 1.29 is 23.9 Å². The number of anilines is 1. The molecule has 1 unspecified atom stereocenters. The van der Waals surface area contributed by atoms with E-state index in [2.05, 4.69) is 0 Å². The highest BCUT2D eigenvalue weighted by Crippen LogP contribution is 2.42. The van der Waals surface area contributed by atoms with Gasteiger partial charge < -0.3 is 19.3 Å². The molecular weight excluding hydrogens is 468 g/mol. The van der Waals surface area contributed by atoms with E-state index in [1.807, 2.05) is 36.9 Å². The average molecular weight is 497 g/mol. The first kappa shape index (κ1) is 23.7. The number of amides is 2. The fourth-order valence-electron chi connectivity index (χ4n) is 5.50. The molecule has 5 rings (SSSR count). The number of likely N-dealkylation sites (tertiary alicyclic amines) is 1. The molecule has 2 saturated heterocycles. The van der Waals surface area contributed by atoms with Gasteiger partial charge in [-0.3, -0.25) is 14.4 Å². The van der Waals surface area contributed by atoms with Crippen LogP contribution in [-0.4, -0.2) is 54.8 Å². The molecule has 8 heteroatoms. The summed E-state index contributed by atoms with van der Waals surface area (Å²) in [4.78, 5) is 42.6. The number of benzene rings is 2. The standard InChI is InChI=1S/C27H29ClN2O5/c1-16-4-5-23(34-3)21(10-16)30-15-18(12-24(30)32)26(33)29-8-6-27(7-9-29)14-22(31)20-13-19(28)11-17(2)25(20)35-27/h4-5,10-11,13,18H,6-9,12,14-15H2,1-3H3. The smallest absolute Gasteiger partial charge is 0.228 e. The van der Waals surface area contributed by atoms with Crippen molar-refractivity contribution in [3.8, 4) is 11.5 Å². The van der Waals surface area contributed by atoms with Gasteiger partial charge in [-0.05, 0) is 49.2 Å². The van der Waals surface area contributed by atoms with Gasteiger partial charge in [0.1, 0.15) is 17.1 Å². The Bertz CT molecular complexity index is 1220. The maximum absolute atomic E-state index is 13.4. The van der Waals surface area contributed by atoms with E-state index in [1.54, 1.807) is 24.1 Å².